The first kappa shape index (κ1) is 14.6. The minimum absolute atomic E-state index is 0. The van der Waals surface area contributed by atoms with Crippen LogP contribution in [-0.4, -0.2) is 26.3 Å². The molecule has 6 heteroatoms. The number of fused-ring (bicyclic) bond motifs is 3. The van der Waals surface area contributed by atoms with Crippen LogP contribution in [0.15, 0.2) is 15.0 Å². The molecule has 0 bridgehead atoms. The largest absolute Gasteiger partial charge is 0.494 e. The Morgan fingerprint density at radius 2 is 2.17 bits per heavy atom. The summed E-state index contributed by atoms with van der Waals surface area (Å²) in [5.41, 5.74) is 2.58. The summed E-state index contributed by atoms with van der Waals surface area (Å²) < 4.78 is 13.3. The zero-order chi connectivity index (χ0) is 12.0. The molecule has 1 fully saturated rings. The second kappa shape index (κ2) is 5.67. The molecule has 1 aromatic carbocycles. The van der Waals surface area contributed by atoms with Crippen LogP contribution in [0.1, 0.15) is 17.0 Å². The van der Waals surface area contributed by atoms with Crippen molar-refractivity contribution in [2.75, 3.05) is 20.2 Å². The third-order valence-corrected chi connectivity index (χ3v) is 4.86. The van der Waals surface area contributed by atoms with Gasteiger partial charge in [0.1, 0.15) is 5.75 Å². The van der Waals surface area contributed by atoms with Crippen molar-refractivity contribution in [3.8, 4) is 5.75 Å². The van der Waals surface area contributed by atoms with Crippen molar-refractivity contribution in [2.24, 2.45) is 0 Å². The van der Waals surface area contributed by atoms with Crippen molar-refractivity contribution in [3.05, 3.63) is 26.1 Å². The molecule has 2 aliphatic heterocycles. The fourth-order valence-corrected chi connectivity index (χ4v) is 4.51. The van der Waals surface area contributed by atoms with Gasteiger partial charge in [0.15, 0.2) is 0 Å². The van der Waals surface area contributed by atoms with E-state index in [0.29, 0.717) is 18.6 Å². The van der Waals surface area contributed by atoms with E-state index in [1.807, 2.05) is 0 Å². The molecule has 0 saturated carbocycles. The van der Waals surface area contributed by atoms with E-state index < -0.39 is 0 Å². The van der Waals surface area contributed by atoms with Crippen molar-refractivity contribution in [1.82, 2.24) is 5.32 Å². The minimum Gasteiger partial charge on any atom is -0.494 e. The Balaban J connectivity index is 0.00000120. The van der Waals surface area contributed by atoms with Crippen LogP contribution < -0.4 is 10.1 Å². The number of methoxy groups -OCH3 is 1. The third-order valence-electron chi connectivity index (χ3n) is 3.49. The lowest BCUT2D eigenvalue weighted by molar-refractivity contribution is 0.0295. The molecule has 18 heavy (non-hydrogen) atoms. The Labute approximate surface area is 129 Å². The van der Waals surface area contributed by atoms with Crippen LogP contribution in [0.3, 0.4) is 0 Å². The Morgan fingerprint density at radius 3 is 2.89 bits per heavy atom. The van der Waals surface area contributed by atoms with E-state index in [9.17, 15) is 0 Å². The summed E-state index contributed by atoms with van der Waals surface area (Å²) in [6, 6.07) is 2.10. The highest BCUT2D eigenvalue weighted by atomic mass is 79.9. The van der Waals surface area contributed by atoms with Gasteiger partial charge in [0.05, 0.1) is 28.8 Å². The highest BCUT2D eigenvalue weighted by Gasteiger charge is 2.37. The van der Waals surface area contributed by atoms with Crippen molar-refractivity contribution >= 4 is 44.3 Å². The van der Waals surface area contributed by atoms with Crippen LogP contribution in [0.25, 0.3) is 0 Å². The average Bonchev–Trinajstić information content (AvgIpc) is 2.76. The second-order valence-corrected chi connectivity index (χ2v) is 6.04. The molecule has 3 nitrogen and oxygen atoms in total. The first-order valence-electron chi connectivity index (χ1n) is 5.59. The summed E-state index contributed by atoms with van der Waals surface area (Å²) in [6.45, 7) is 2.59. The smallest absolute Gasteiger partial charge is 0.147 e. The van der Waals surface area contributed by atoms with Crippen molar-refractivity contribution in [1.29, 1.82) is 0 Å². The Bertz CT molecular complexity index is 470. The van der Waals surface area contributed by atoms with Crippen LogP contribution in [-0.2, 0) is 11.3 Å². The van der Waals surface area contributed by atoms with Crippen LogP contribution in [0, 0.1) is 0 Å². The molecule has 0 amide bonds. The molecule has 0 unspecified atom stereocenters. The van der Waals surface area contributed by atoms with Gasteiger partial charge in [-0.25, -0.2) is 0 Å². The highest BCUT2D eigenvalue weighted by molar-refractivity contribution is 9.11. The van der Waals surface area contributed by atoms with Gasteiger partial charge in [-0.1, -0.05) is 0 Å². The number of hydrogen-bond acceptors (Lipinski definition) is 3. The molecule has 1 saturated heterocycles. The van der Waals surface area contributed by atoms with E-state index in [2.05, 4.69) is 43.2 Å². The summed E-state index contributed by atoms with van der Waals surface area (Å²) >= 11 is 7.21. The van der Waals surface area contributed by atoms with Crippen molar-refractivity contribution < 1.29 is 9.47 Å². The molecule has 100 valence electrons. The van der Waals surface area contributed by atoms with Gasteiger partial charge in [0, 0.05) is 19.0 Å². The number of hydrogen-bond donors (Lipinski definition) is 1. The first-order valence-corrected chi connectivity index (χ1v) is 7.18. The van der Waals surface area contributed by atoms with Gasteiger partial charge in [-0.3, -0.25) is 0 Å². The lowest BCUT2D eigenvalue weighted by Gasteiger charge is -2.30. The van der Waals surface area contributed by atoms with Crippen molar-refractivity contribution in [3.63, 3.8) is 0 Å². The third kappa shape index (κ3) is 2.20. The van der Waals surface area contributed by atoms with Crippen LogP contribution >= 0.6 is 44.3 Å². The lowest BCUT2D eigenvalue weighted by atomic mass is 9.89. The monoisotopic (exact) mass is 397 g/mol. The molecular weight excluding hydrogens is 385 g/mol. The van der Waals surface area contributed by atoms with Crippen molar-refractivity contribution in [2.45, 2.75) is 18.6 Å². The maximum absolute atomic E-state index is 5.87. The van der Waals surface area contributed by atoms with Crippen LogP contribution in [0.2, 0.25) is 0 Å². The Morgan fingerprint density at radius 1 is 1.39 bits per heavy atom. The van der Waals surface area contributed by atoms with E-state index in [1.54, 1.807) is 7.11 Å². The SMILES string of the molecule is COc1c(Br)cc2c(c1Br)[C@H]1CNC[C@@H]1OC2.Cl. The quantitative estimate of drug-likeness (QED) is 0.787. The molecule has 1 N–H and O–H groups in total. The second-order valence-electron chi connectivity index (χ2n) is 4.39. The summed E-state index contributed by atoms with van der Waals surface area (Å²) in [5, 5.41) is 3.39. The zero-order valence-electron chi connectivity index (χ0n) is 9.83. The average molecular weight is 400 g/mol. The molecule has 1 aromatic rings. The van der Waals surface area contributed by atoms with Gasteiger partial charge in [0.25, 0.3) is 0 Å². The van der Waals surface area contributed by atoms with Gasteiger partial charge in [-0.2, -0.15) is 0 Å². The minimum atomic E-state index is 0. The normalized spacial score (nSPS) is 25.1. The molecule has 2 atom stereocenters. The van der Waals surface area contributed by atoms with E-state index in [4.69, 9.17) is 9.47 Å². The number of halogens is 3. The molecule has 3 rings (SSSR count). The molecule has 0 aromatic heterocycles. The summed E-state index contributed by atoms with van der Waals surface area (Å²) in [4.78, 5) is 0. The predicted molar refractivity (Wildman–Crippen MR) is 79.8 cm³/mol. The van der Waals surface area contributed by atoms with Gasteiger partial charge in [-0.15, -0.1) is 12.4 Å². The first-order chi connectivity index (χ1) is 8.22. The summed E-state index contributed by atoms with van der Waals surface area (Å²) in [6.07, 6.45) is 0.296. The predicted octanol–water partition coefficient (Wildman–Crippen LogP) is 3.23. The number of nitrogens with one attached hydrogen (secondary N) is 1. The number of benzene rings is 1. The molecular formula is C12H14Br2ClNO2. The maximum Gasteiger partial charge on any atom is 0.147 e. The summed E-state index contributed by atoms with van der Waals surface area (Å²) in [7, 11) is 1.70. The van der Waals surface area contributed by atoms with Gasteiger partial charge in [0.2, 0.25) is 0 Å². The highest BCUT2D eigenvalue weighted by Crippen LogP contribution is 2.45. The van der Waals surface area contributed by atoms with Gasteiger partial charge < -0.3 is 14.8 Å². The van der Waals surface area contributed by atoms with E-state index in [0.717, 1.165) is 27.8 Å². The molecule has 0 radical (unpaired) electrons. The summed E-state index contributed by atoms with van der Waals surface area (Å²) in [5.74, 6) is 1.30. The fraction of sp³-hybridized carbons (Fsp3) is 0.500. The van der Waals surface area contributed by atoms with Gasteiger partial charge in [-0.05, 0) is 49.1 Å². The lowest BCUT2D eigenvalue weighted by Crippen LogP contribution is -2.27. The van der Waals surface area contributed by atoms with E-state index in [-0.39, 0.29) is 12.4 Å². The van der Waals surface area contributed by atoms with Crippen LogP contribution in [0.5, 0.6) is 5.75 Å². The number of ether oxygens (including phenoxy) is 2. The molecule has 2 heterocycles. The van der Waals surface area contributed by atoms with Crippen LogP contribution in [0.4, 0.5) is 0 Å². The molecule has 2 aliphatic rings. The number of rotatable bonds is 1. The Hall–Kier alpha value is 0.190. The molecule has 0 spiro atoms. The van der Waals surface area contributed by atoms with E-state index in [1.165, 1.54) is 11.1 Å². The topological polar surface area (TPSA) is 30.5 Å². The fourth-order valence-electron chi connectivity index (χ4n) is 2.69. The van der Waals surface area contributed by atoms with E-state index >= 15 is 0 Å². The Kier molecular flexibility index (Phi) is 4.60. The van der Waals surface area contributed by atoms with Gasteiger partial charge >= 0.3 is 0 Å². The maximum atomic E-state index is 5.87. The zero-order valence-corrected chi connectivity index (χ0v) is 13.8. The molecule has 0 aliphatic carbocycles. The standard InChI is InChI=1S/C12H13Br2NO2.ClH/c1-16-12-8(13)2-6-5-17-9-4-15-3-7(9)10(6)11(12)14;/h2,7,9,15H,3-5H2,1H3;1H/t7-,9-;/m0./s1.